The molecular formula is C34H49BrFNO3. The molecule has 3 rings (SSSR count). The Hall–Kier alpha value is -2.18. The normalized spacial score (nSPS) is 14.4. The van der Waals surface area contributed by atoms with E-state index in [0.29, 0.717) is 38.3 Å². The summed E-state index contributed by atoms with van der Waals surface area (Å²) in [5.41, 5.74) is 4.17. The predicted octanol–water partition coefficient (Wildman–Crippen LogP) is 5.20. The van der Waals surface area contributed by atoms with Crippen molar-refractivity contribution in [1.29, 1.82) is 0 Å². The van der Waals surface area contributed by atoms with Gasteiger partial charge in [-0.15, -0.1) is 0 Å². The lowest BCUT2D eigenvalue weighted by Gasteiger charge is -2.28. The lowest BCUT2D eigenvalue weighted by molar-refractivity contribution is -0.550. The number of benzene rings is 2. The molecule has 40 heavy (non-hydrogen) atoms. The fourth-order valence-corrected chi connectivity index (χ4v) is 5.71. The molecule has 1 atom stereocenters. The third-order valence-electron chi connectivity index (χ3n) is 7.66. The van der Waals surface area contributed by atoms with Crippen LogP contribution in [0.3, 0.4) is 0 Å². The van der Waals surface area contributed by atoms with Crippen LogP contribution in [-0.2, 0) is 6.54 Å². The first kappa shape index (κ1) is 34.0. The molecule has 0 aromatic heterocycles. The van der Waals surface area contributed by atoms with E-state index in [1.807, 2.05) is 25.1 Å². The van der Waals surface area contributed by atoms with E-state index in [1.165, 1.54) is 63.1 Å². The fraction of sp³-hybridized carbons (Fsp3) is 0.559. The van der Waals surface area contributed by atoms with Gasteiger partial charge < -0.3 is 31.6 Å². The molecule has 1 N–H and O–H groups in total. The molecule has 1 heterocycles. The van der Waals surface area contributed by atoms with Gasteiger partial charge in [0.1, 0.15) is 12.4 Å². The number of hydrogen-bond donors (Lipinski definition) is 1. The summed E-state index contributed by atoms with van der Waals surface area (Å²) in [5.74, 6) is 1.35. The summed E-state index contributed by atoms with van der Waals surface area (Å²) in [5, 5.41) is 9.99. The highest BCUT2D eigenvalue weighted by Gasteiger charge is 2.36. The van der Waals surface area contributed by atoms with Crippen LogP contribution in [0.25, 0.3) is 0 Å². The summed E-state index contributed by atoms with van der Waals surface area (Å²) in [6, 6.07) is 11.2. The van der Waals surface area contributed by atoms with E-state index < -0.39 is 0 Å². The van der Waals surface area contributed by atoms with Crippen LogP contribution in [-0.4, -0.2) is 41.8 Å². The molecule has 6 heteroatoms. The van der Waals surface area contributed by atoms with Gasteiger partial charge in [-0.1, -0.05) is 83.1 Å². The van der Waals surface area contributed by atoms with Gasteiger partial charge >= 0.3 is 0 Å². The molecule has 0 fully saturated rings. The molecule has 2 aromatic carbocycles. The van der Waals surface area contributed by atoms with Gasteiger partial charge in [0.25, 0.3) is 0 Å². The molecule has 0 amide bonds. The minimum atomic E-state index is -0.175. The Bertz CT molecular complexity index is 1070. The Kier molecular flexibility index (Phi) is 16.2. The number of unbranched alkanes of at least 4 members (excludes halogenated alkanes) is 8. The van der Waals surface area contributed by atoms with Crippen LogP contribution in [0.2, 0.25) is 0 Å². The molecule has 0 saturated heterocycles. The maximum Gasteiger partial charge on any atom is 0.184 e. The highest BCUT2D eigenvalue weighted by molar-refractivity contribution is 6.00. The van der Waals surface area contributed by atoms with Crippen LogP contribution in [0.15, 0.2) is 49.1 Å². The predicted molar refractivity (Wildman–Crippen MR) is 159 cm³/mol. The van der Waals surface area contributed by atoms with E-state index in [1.54, 1.807) is 12.1 Å². The zero-order valence-electron chi connectivity index (χ0n) is 24.6. The van der Waals surface area contributed by atoms with Gasteiger partial charge in [-0.3, -0.25) is 0 Å². The Morgan fingerprint density at radius 3 is 2.33 bits per heavy atom. The van der Waals surface area contributed by atoms with Gasteiger partial charge in [-0.25, -0.2) is 8.97 Å². The average Bonchev–Trinajstić information content (AvgIpc) is 2.94. The van der Waals surface area contributed by atoms with Gasteiger partial charge in [0.05, 0.1) is 12.2 Å². The van der Waals surface area contributed by atoms with E-state index in [2.05, 4.69) is 24.1 Å². The molecule has 2 aromatic rings. The van der Waals surface area contributed by atoms with Crippen LogP contribution >= 0.6 is 0 Å². The van der Waals surface area contributed by atoms with Crippen LogP contribution in [0, 0.1) is 5.82 Å². The molecule has 0 radical (unpaired) electrons. The molecule has 0 saturated carbocycles. The lowest BCUT2D eigenvalue weighted by atomic mass is 9.83. The van der Waals surface area contributed by atoms with Crippen LogP contribution in [0.1, 0.15) is 107 Å². The first-order valence-corrected chi connectivity index (χ1v) is 15.1. The monoisotopic (exact) mass is 617 g/mol. The van der Waals surface area contributed by atoms with Crippen molar-refractivity contribution in [3.8, 4) is 11.5 Å². The van der Waals surface area contributed by atoms with Gasteiger partial charge in [0, 0.05) is 30.1 Å². The van der Waals surface area contributed by atoms with Crippen molar-refractivity contribution >= 4 is 5.71 Å². The van der Waals surface area contributed by atoms with E-state index in [9.17, 15) is 9.50 Å². The fourth-order valence-electron chi connectivity index (χ4n) is 5.71. The molecule has 0 bridgehead atoms. The molecule has 0 aliphatic carbocycles. The minimum Gasteiger partial charge on any atom is -1.00 e. The highest BCUT2D eigenvalue weighted by atomic mass is 79.9. The number of aliphatic hydroxyl groups is 1. The third-order valence-corrected chi connectivity index (χ3v) is 7.66. The van der Waals surface area contributed by atoms with Crippen molar-refractivity contribution in [2.45, 2.75) is 96.9 Å². The van der Waals surface area contributed by atoms with Gasteiger partial charge in [0.2, 0.25) is 0 Å². The van der Waals surface area contributed by atoms with Crippen molar-refractivity contribution in [3.63, 3.8) is 0 Å². The van der Waals surface area contributed by atoms with Gasteiger partial charge in [-0.05, 0) is 44.0 Å². The van der Waals surface area contributed by atoms with Crippen LogP contribution in [0.5, 0.6) is 11.5 Å². The second kappa shape index (κ2) is 19.0. The molecule has 1 aliphatic rings. The number of rotatable bonds is 19. The second-order valence-corrected chi connectivity index (χ2v) is 10.6. The summed E-state index contributed by atoms with van der Waals surface area (Å²) in [4.78, 5) is 0. The summed E-state index contributed by atoms with van der Waals surface area (Å²) < 4.78 is 29.3. The summed E-state index contributed by atoms with van der Waals surface area (Å²) >= 11 is 0. The Morgan fingerprint density at radius 1 is 0.975 bits per heavy atom. The average molecular weight is 619 g/mol. The molecular weight excluding hydrogens is 569 g/mol. The van der Waals surface area contributed by atoms with E-state index >= 15 is 0 Å². The SMILES string of the molecule is C=CCOc1c(OCC)ccc2c1C(CCO)C[N+](Cc1ccccc1F)=C2CCCCCCCCCCC.[Br-]. The second-order valence-electron chi connectivity index (χ2n) is 10.6. The zero-order valence-corrected chi connectivity index (χ0v) is 26.2. The van der Waals surface area contributed by atoms with Crippen molar-refractivity contribution in [2.75, 3.05) is 26.4 Å². The minimum absolute atomic E-state index is 0. The first-order chi connectivity index (χ1) is 19.1. The number of hydrogen-bond acceptors (Lipinski definition) is 3. The molecule has 1 aliphatic heterocycles. The van der Waals surface area contributed by atoms with E-state index in [-0.39, 0.29) is 35.3 Å². The third kappa shape index (κ3) is 9.73. The summed E-state index contributed by atoms with van der Waals surface area (Å²) in [6.07, 6.45) is 14.8. The molecule has 4 nitrogen and oxygen atoms in total. The lowest BCUT2D eigenvalue weighted by Crippen LogP contribution is -3.00. The number of ether oxygens (including phenoxy) is 2. The van der Waals surface area contributed by atoms with Gasteiger partial charge in [0.15, 0.2) is 30.3 Å². The van der Waals surface area contributed by atoms with Crippen molar-refractivity contribution in [3.05, 3.63) is 71.6 Å². The van der Waals surface area contributed by atoms with Crippen molar-refractivity contribution < 1.29 is 40.5 Å². The largest absolute Gasteiger partial charge is 1.00 e. The topological polar surface area (TPSA) is 41.7 Å². The van der Waals surface area contributed by atoms with Crippen LogP contribution < -0.4 is 26.5 Å². The Labute approximate surface area is 252 Å². The number of aliphatic hydroxyl groups excluding tert-OH is 1. The number of halogens is 2. The molecule has 222 valence electrons. The summed E-state index contributed by atoms with van der Waals surface area (Å²) in [6.45, 7) is 10.3. The Balaban J connectivity index is 0.00000560. The molecule has 0 spiro atoms. The number of nitrogens with zero attached hydrogens (tertiary/aromatic N) is 1. The summed E-state index contributed by atoms with van der Waals surface area (Å²) in [7, 11) is 0. The maximum atomic E-state index is 14.7. The Morgan fingerprint density at radius 2 is 1.68 bits per heavy atom. The highest BCUT2D eigenvalue weighted by Crippen LogP contribution is 2.43. The van der Waals surface area contributed by atoms with Crippen molar-refractivity contribution in [1.82, 2.24) is 0 Å². The molecule has 1 unspecified atom stereocenters. The standard InChI is InChI=1S/C34H49FNO3.BrH/c1-4-7-8-9-10-11-12-13-14-19-31-29-20-21-32(38-6-3)34(39-24-5-2)33(29)28(22-23-37)26-36(31)25-27-17-15-16-18-30(27)35;/h5,15-18,20-21,28,37H,2,4,6-14,19,22-26H2,1,3H3;1H/q+1;/p-1. The quantitative estimate of drug-likeness (QED) is 0.134. The first-order valence-electron chi connectivity index (χ1n) is 15.1. The number of fused-ring (bicyclic) bond motifs is 1. The zero-order chi connectivity index (χ0) is 27.9. The van der Waals surface area contributed by atoms with E-state index in [4.69, 9.17) is 9.47 Å². The smallest absolute Gasteiger partial charge is 0.184 e. The maximum absolute atomic E-state index is 14.7. The van der Waals surface area contributed by atoms with E-state index in [0.717, 1.165) is 35.5 Å². The van der Waals surface area contributed by atoms with Crippen molar-refractivity contribution in [2.24, 2.45) is 0 Å². The van der Waals surface area contributed by atoms with Crippen LogP contribution in [0.4, 0.5) is 4.39 Å². The van der Waals surface area contributed by atoms with Gasteiger partial charge in [-0.2, -0.15) is 0 Å².